The Balaban J connectivity index is 2.13. The molecule has 1 nitrogen and oxygen atoms in total. The Hall–Kier alpha value is -0.0400. The topological polar surface area (TPSA) is 26.0 Å². The molecule has 2 aliphatic carbocycles. The van der Waals surface area contributed by atoms with E-state index in [2.05, 4.69) is 0 Å². The Morgan fingerprint density at radius 2 is 2.11 bits per heavy atom. The second-order valence-corrected chi connectivity index (χ2v) is 3.86. The summed E-state index contributed by atoms with van der Waals surface area (Å²) in [5, 5.41) is 0. The molecule has 2 saturated carbocycles. The van der Waals surface area contributed by atoms with Crippen molar-refractivity contribution in [3.8, 4) is 0 Å². The van der Waals surface area contributed by atoms with Crippen LogP contribution in [0.15, 0.2) is 0 Å². The predicted molar refractivity (Wildman–Crippen MR) is 38.1 cm³/mol. The van der Waals surface area contributed by atoms with Gasteiger partial charge in [-0.2, -0.15) is 0 Å². The summed E-state index contributed by atoms with van der Waals surface area (Å²) in [7, 11) is 0. The third kappa shape index (κ3) is 0.877. The molecule has 0 aromatic carbocycles. The van der Waals surface area contributed by atoms with Gasteiger partial charge in [0.15, 0.2) is 0 Å². The molecule has 2 aliphatic rings. The van der Waals surface area contributed by atoms with Crippen LogP contribution in [0.4, 0.5) is 0 Å². The largest absolute Gasteiger partial charge is 0.325 e. The molecule has 0 aromatic heterocycles. The van der Waals surface area contributed by atoms with Gasteiger partial charge >= 0.3 is 0 Å². The van der Waals surface area contributed by atoms with E-state index in [0.29, 0.717) is 5.54 Å². The molecular formula is C8H15N. The van der Waals surface area contributed by atoms with E-state index in [9.17, 15) is 0 Å². The molecule has 9 heavy (non-hydrogen) atoms. The summed E-state index contributed by atoms with van der Waals surface area (Å²) < 4.78 is 0. The summed E-state index contributed by atoms with van der Waals surface area (Å²) in [5.74, 6) is 1.00. The molecule has 0 radical (unpaired) electrons. The predicted octanol–water partition coefficient (Wildman–Crippen LogP) is 1.67. The second kappa shape index (κ2) is 1.72. The van der Waals surface area contributed by atoms with Crippen molar-refractivity contribution in [3.63, 3.8) is 0 Å². The van der Waals surface area contributed by atoms with Gasteiger partial charge in [0.05, 0.1) is 0 Å². The lowest BCUT2D eigenvalue weighted by Crippen LogP contribution is -2.38. The second-order valence-electron chi connectivity index (χ2n) is 3.86. The molecule has 0 aromatic rings. The Bertz CT molecular complexity index is 118. The highest BCUT2D eigenvalue weighted by atomic mass is 14.8. The van der Waals surface area contributed by atoms with Crippen LogP contribution in [-0.2, 0) is 0 Å². The Labute approximate surface area is 56.6 Å². The summed E-state index contributed by atoms with van der Waals surface area (Å²) in [6.45, 7) is 0. The molecule has 0 aliphatic heterocycles. The van der Waals surface area contributed by atoms with E-state index in [1.165, 1.54) is 38.5 Å². The minimum absolute atomic E-state index is 0.295. The van der Waals surface area contributed by atoms with Gasteiger partial charge in [-0.25, -0.2) is 0 Å². The first-order chi connectivity index (χ1) is 4.29. The van der Waals surface area contributed by atoms with Crippen molar-refractivity contribution in [2.45, 2.75) is 44.1 Å². The average molecular weight is 125 g/mol. The Morgan fingerprint density at radius 1 is 1.22 bits per heavy atom. The third-order valence-electron chi connectivity index (χ3n) is 3.03. The molecule has 2 N–H and O–H groups in total. The Kier molecular flexibility index (Phi) is 1.10. The molecule has 52 valence electrons. The molecular weight excluding hydrogens is 110 g/mol. The van der Waals surface area contributed by atoms with Crippen LogP contribution in [0.2, 0.25) is 0 Å². The maximum absolute atomic E-state index is 6.10. The van der Waals surface area contributed by atoms with Crippen LogP contribution in [0.3, 0.4) is 0 Å². The summed E-state index contributed by atoms with van der Waals surface area (Å²) in [5.41, 5.74) is 6.39. The first-order valence-electron chi connectivity index (χ1n) is 4.07. The Morgan fingerprint density at radius 3 is 2.78 bits per heavy atom. The first kappa shape index (κ1) is 5.72. The van der Waals surface area contributed by atoms with Gasteiger partial charge in [0, 0.05) is 5.54 Å². The standard InChI is InChI=1S/C8H15N/c9-8-4-1-2-7(6-8)3-5-8/h7H,1-6,9H2. The molecule has 2 unspecified atom stereocenters. The summed E-state index contributed by atoms with van der Waals surface area (Å²) in [6.07, 6.45) is 8.19. The zero-order valence-corrected chi connectivity index (χ0v) is 5.90. The quantitative estimate of drug-likeness (QED) is 0.523. The van der Waals surface area contributed by atoms with Gasteiger partial charge in [-0.05, 0) is 31.6 Å². The number of hydrogen-bond acceptors (Lipinski definition) is 1. The van der Waals surface area contributed by atoms with Gasteiger partial charge in [-0.3, -0.25) is 0 Å². The lowest BCUT2D eigenvalue weighted by Gasteiger charge is -2.28. The lowest BCUT2D eigenvalue weighted by atomic mass is 9.84. The maximum Gasteiger partial charge on any atom is 0.0157 e. The van der Waals surface area contributed by atoms with Gasteiger partial charge in [-0.1, -0.05) is 12.8 Å². The van der Waals surface area contributed by atoms with Crippen molar-refractivity contribution < 1.29 is 0 Å². The number of fused-ring (bicyclic) bond motifs is 2. The maximum atomic E-state index is 6.10. The average Bonchev–Trinajstić information content (AvgIpc) is 2.07. The van der Waals surface area contributed by atoms with Crippen LogP contribution in [0.25, 0.3) is 0 Å². The molecule has 2 bridgehead atoms. The molecule has 0 saturated heterocycles. The van der Waals surface area contributed by atoms with Crippen molar-refractivity contribution >= 4 is 0 Å². The minimum Gasteiger partial charge on any atom is -0.325 e. The molecule has 0 heterocycles. The molecule has 2 atom stereocenters. The SMILES string of the molecule is NC12CCCC(CC1)C2. The van der Waals surface area contributed by atoms with Gasteiger partial charge in [0.25, 0.3) is 0 Å². The van der Waals surface area contributed by atoms with Crippen LogP contribution in [0.5, 0.6) is 0 Å². The van der Waals surface area contributed by atoms with Crippen LogP contribution >= 0.6 is 0 Å². The number of nitrogens with two attached hydrogens (primary N) is 1. The van der Waals surface area contributed by atoms with Crippen molar-refractivity contribution in [1.29, 1.82) is 0 Å². The fraction of sp³-hybridized carbons (Fsp3) is 1.00. The highest BCUT2D eigenvalue weighted by Gasteiger charge is 2.38. The third-order valence-corrected chi connectivity index (χ3v) is 3.03. The van der Waals surface area contributed by atoms with Gasteiger partial charge in [-0.15, -0.1) is 0 Å². The molecule has 2 rings (SSSR count). The van der Waals surface area contributed by atoms with E-state index in [1.54, 1.807) is 0 Å². The van der Waals surface area contributed by atoms with E-state index < -0.39 is 0 Å². The molecule has 0 amide bonds. The zero-order chi connectivity index (χ0) is 6.32. The molecule has 0 spiro atoms. The summed E-state index contributed by atoms with van der Waals surface area (Å²) in [4.78, 5) is 0. The van der Waals surface area contributed by atoms with E-state index in [-0.39, 0.29) is 0 Å². The first-order valence-corrected chi connectivity index (χ1v) is 4.07. The minimum atomic E-state index is 0.295. The highest BCUT2D eigenvalue weighted by Crippen LogP contribution is 2.43. The summed E-state index contributed by atoms with van der Waals surface area (Å²) in [6, 6.07) is 0. The van der Waals surface area contributed by atoms with Crippen LogP contribution < -0.4 is 5.73 Å². The van der Waals surface area contributed by atoms with Crippen molar-refractivity contribution in [2.75, 3.05) is 0 Å². The normalized spacial score (nSPS) is 49.7. The summed E-state index contributed by atoms with van der Waals surface area (Å²) >= 11 is 0. The van der Waals surface area contributed by atoms with Crippen LogP contribution in [0.1, 0.15) is 38.5 Å². The van der Waals surface area contributed by atoms with Crippen molar-refractivity contribution in [1.82, 2.24) is 0 Å². The van der Waals surface area contributed by atoms with Gasteiger partial charge < -0.3 is 5.73 Å². The van der Waals surface area contributed by atoms with E-state index in [4.69, 9.17) is 5.73 Å². The fourth-order valence-corrected chi connectivity index (χ4v) is 2.49. The highest BCUT2D eigenvalue weighted by molar-refractivity contribution is 4.96. The zero-order valence-electron chi connectivity index (χ0n) is 5.90. The van der Waals surface area contributed by atoms with Crippen molar-refractivity contribution in [3.05, 3.63) is 0 Å². The smallest absolute Gasteiger partial charge is 0.0157 e. The van der Waals surface area contributed by atoms with Crippen molar-refractivity contribution in [2.24, 2.45) is 11.7 Å². The van der Waals surface area contributed by atoms with E-state index in [1.807, 2.05) is 0 Å². The number of hydrogen-bond donors (Lipinski definition) is 1. The fourth-order valence-electron chi connectivity index (χ4n) is 2.49. The number of rotatable bonds is 0. The van der Waals surface area contributed by atoms with E-state index >= 15 is 0 Å². The molecule has 1 heteroatoms. The lowest BCUT2D eigenvalue weighted by molar-refractivity contribution is 0.309. The van der Waals surface area contributed by atoms with E-state index in [0.717, 1.165) is 5.92 Å². The van der Waals surface area contributed by atoms with Crippen LogP contribution in [0, 0.1) is 5.92 Å². The molecule has 2 fully saturated rings. The van der Waals surface area contributed by atoms with Crippen LogP contribution in [-0.4, -0.2) is 5.54 Å². The monoisotopic (exact) mass is 125 g/mol. The van der Waals surface area contributed by atoms with Gasteiger partial charge in [0.1, 0.15) is 0 Å². The van der Waals surface area contributed by atoms with Gasteiger partial charge in [0.2, 0.25) is 0 Å².